The van der Waals surface area contributed by atoms with Crippen molar-refractivity contribution in [3.63, 3.8) is 0 Å². The number of ether oxygens (including phenoxy) is 1. The van der Waals surface area contributed by atoms with Crippen molar-refractivity contribution in [1.82, 2.24) is 4.72 Å². The van der Waals surface area contributed by atoms with Gasteiger partial charge in [0.1, 0.15) is 5.75 Å². The summed E-state index contributed by atoms with van der Waals surface area (Å²) < 4.78 is 31.2. The molecule has 0 atom stereocenters. The van der Waals surface area contributed by atoms with Gasteiger partial charge < -0.3 is 9.84 Å². The Kier molecular flexibility index (Phi) is 5.31. The van der Waals surface area contributed by atoms with Gasteiger partial charge in [-0.2, -0.15) is 0 Å². The molecule has 0 aliphatic carbocycles. The van der Waals surface area contributed by atoms with Gasteiger partial charge in [0, 0.05) is 6.54 Å². The molecule has 6 nitrogen and oxygen atoms in total. The summed E-state index contributed by atoms with van der Waals surface area (Å²) in [5, 5.41) is 8.52. The van der Waals surface area contributed by atoms with Gasteiger partial charge >= 0.3 is 5.97 Å². The normalized spacial score (nSPS) is 11.3. The van der Waals surface area contributed by atoms with Crippen LogP contribution in [0.25, 0.3) is 0 Å². The number of carboxylic acids is 1. The number of aryl methyl sites for hydroxylation is 1. The highest BCUT2D eigenvalue weighted by Crippen LogP contribution is 2.21. The second-order valence-corrected chi connectivity index (χ2v) is 5.77. The Hall–Kier alpha value is -1.60. The second-order valence-electron chi connectivity index (χ2n) is 4.01. The molecule has 0 fully saturated rings. The number of hydrogen-bond donors (Lipinski definition) is 2. The highest BCUT2D eigenvalue weighted by atomic mass is 32.2. The first kappa shape index (κ1) is 15.5. The van der Waals surface area contributed by atoms with Crippen LogP contribution in [0, 0.1) is 6.92 Å². The lowest BCUT2D eigenvalue weighted by Gasteiger charge is -2.10. The van der Waals surface area contributed by atoms with E-state index in [1.807, 2.05) is 6.92 Å². The number of carboxylic acid groups (broad SMARTS) is 1. The van der Waals surface area contributed by atoms with Gasteiger partial charge in [0.05, 0.1) is 4.90 Å². The van der Waals surface area contributed by atoms with Crippen LogP contribution in [-0.2, 0) is 14.8 Å². The summed E-state index contributed by atoms with van der Waals surface area (Å²) in [4.78, 5) is 10.5. The minimum Gasteiger partial charge on any atom is -0.482 e. The van der Waals surface area contributed by atoms with Crippen molar-refractivity contribution < 1.29 is 23.1 Å². The van der Waals surface area contributed by atoms with Gasteiger partial charge in [0.2, 0.25) is 10.0 Å². The van der Waals surface area contributed by atoms with Crippen LogP contribution in [0.2, 0.25) is 0 Å². The van der Waals surface area contributed by atoms with Crippen molar-refractivity contribution in [2.45, 2.75) is 25.2 Å². The molecule has 0 aromatic heterocycles. The maximum atomic E-state index is 11.9. The van der Waals surface area contributed by atoms with E-state index in [4.69, 9.17) is 9.84 Å². The summed E-state index contributed by atoms with van der Waals surface area (Å²) >= 11 is 0. The first-order valence-electron chi connectivity index (χ1n) is 5.81. The molecule has 1 aromatic rings. The summed E-state index contributed by atoms with van der Waals surface area (Å²) in [6, 6.07) is 4.30. The molecule has 1 aromatic carbocycles. The van der Waals surface area contributed by atoms with Gasteiger partial charge in [-0.15, -0.1) is 0 Å². The zero-order valence-electron chi connectivity index (χ0n) is 10.8. The van der Waals surface area contributed by atoms with Gasteiger partial charge in [-0.05, 0) is 37.1 Å². The molecule has 1 rings (SSSR count). The highest BCUT2D eigenvalue weighted by molar-refractivity contribution is 7.89. The van der Waals surface area contributed by atoms with Gasteiger partial charge in [-0.1, -0.05) is 6.92 Å². The first-order valence-corrected chi connectivity index (χ1v) is 7.30. The van der Waals surface area contributed by atoms with Crippen molar-refractivity contribution in [1.29, 1.82) is 0 Å². The predicted molar refractivity (Wildman–Crippen MR) is 69.8 cm³/mol. The van der Waals surface area contributed by atoms with E-state index in [1.54, 1.807) is 6.92 Å². The Bertz CT molecular complexity index is 553. The number of aliphatic carboxylic acids is 1. The molecule has 0 bridgehead atoms. The van der Waals surface area contributed by atoms with Crippen molar-refractivity contribution in [3.8, 4) is 5.75 Å². The first-order chi connectivity index (χ1) is 8.86. The van der Waals surface area contributed by atoms with Crippen LogP contribution in [0.4, 0.5) is 0 Å². The molecule has 0 saturated carbocycles. The number of carbonyl (C=O) groups is 1. The summed E-state index contributed by atoms with van der Waals surface area (Å²) in [7, 11) is -3.51. The fraction of sp³-hybridized carbons (Fsp3) is 0.417. The third-order valence-electron chi connectivity index (χ3n) is 2.35. The number of rotatable bonds is 7. The minimum absolute atomic E-state index is 0.140. The van der Waals surface area contributed by atoms with Crippen LogP contribution in [0.1, 0.15) is 18.9 Å². The minimum atomic E-state index is -3.51. The summed E-state index contributed by atoms with van der Waals surface area (Å²) in [5.41, 5.74) is 0.570. The molecule has 0 amide bonds. The Balaban J connectivity index is 2.90. The average molecular weight is 287 g/mol. The maximum absolute atomic E-state index is 11.9. The molecule has 0 aliphatic heterocycles. The van der Waals surface area contributed by atoms with Crippen LogP contribution in [0.5, 0.6) is 5.75 Å². The van der Waals surface area contributed by atoms with E-state index in [0.717, 1.165) is 0 Å². The molecule has 0 spiro atoms. The third kappa shape index (κ3) is 4.53. The SMILES string of the molecule is CCCNS(=O)(=O)c1ccc(OCC(=O)O)c(C)c1. The molecule has 0 heterocycles. The molecule has 0 unspecified atom stereocenters. The Morgan fingerprint density at radius 3 is 2.63 bits per heavy atom. The van der Waals surface area contributed by atoms with E-state index in [2.05, 4.69) is 4.72 Å². The second kappa shape index (κ2) is 6.53. The summed E-state index contributed by atoms with van der Waals surface area (Å²) in [5.74, 6) is -0.724. The quantitative estimate of drug-likeness (QED) is 0.784. The number of benzene rings is 1. The van der Waals surface area contributed by atoms with Crippen LogP contribution in [-0.4, -0.2) is 32.6 Å². The summed E-state index contributed by atoms with van der Waals surface area (Å²) in [6.07, 6.45) is 0.706. The summed E-state index contributed by atoms with van der Waals surface area (Å²) in [6.45, 7) is 3.45. The molecule has 0 aliphatic rings. The van der Waals surface area contributed by atoms with Crippen molar-refractivity contribution >= 4 is 16.0 Å². The molecule has 2 N–H and O–H groups in total. The Labute approximate surface area is 112 Å². The maximum Gasteiger partial charge on any atom is 0.341 e. The van der Waals surface area contributed by atoms with Crippen LogP contribution in [0.15, 0.2) is 23.1 Å². The standard InChI is InChI=1S/C12H17NO5S/c1-3-6-13-19(16,17)10-4-5-11(9(2)7-10)18-8-12(14)15/h4-5,7,13H,3,6,8H2,1-2H3,(H,14,15). The largest absolute Gasteiger partial charge is 0.482 e. The Morgan fingerprint density at radius 1 is 1.42 bits per heavy atom. The van der Waals surface area contributed by atoms with Crippen LogP contribution < -0.4 is 9.46 Å². The van der Waals surface area contributed by atoms with E-state index < -0.39 is 22.6 Å². The number of hydrogen-bond acceptors (Lipinski definition) is 4. The molecule has 0 saturated heterocycles. The van der Waals surface area contributed by atoms with Crippen molar-refractivity contribution in [2.75, 3.05) is 13.2 Å². The number of sulfonamides is 1. The highest BCUT2D eigenvalue weighted by Gasteiger charge is 2.14. The molecule has 106 valence electrons. The zero-order valence-corrected chi connectivity index (χ0v) is 11.7. The van der Waals surface area contributed by atoms with E-state index >= 15 is 0 Å². The third-order valence-corrected chi connectivity index (χ3v) is 3.81. The van der Waals surface area contributed by atoms with Gasteiger partial charge in [-0.3, -0.25) is 0 Å². The van der Waals surface area contributed by atoms with E-state index in [1.165, 1.54) is 18.2 Å². The fourth-order valence-corrected chi connectivity index (χ4v) is 2.63. The molecule has 7 heteroatoms. The van der Waals surface area contributed by atoms with Crippen LogP contribution in [0.3, 0.4) is 0 Å². The zero-order chi connectivity index (χ0) is 14.5. The van der Waals surface area contributed by atoms with E-state index in [0.29, 0.717) is 24.3 Å². The predicted octanol–water partition coefficient (Wildman–Crippen LogP) is 1.15. The lowest BCUT2D eigenvalue weighted by atomic mass is 10.2. The lowest BCUT2D eigenvalue weighted by molar-refractivity contribution is -0.139. The van der Waals surface area contributed by atoms with E-state index in [9.17, 15) is 13.2 Å². The topological polar surface area (TPSA) is 92.7 Å². The Morgan fingerprint density at radius 2 is 2.11 bits per heavy atom. The van der Waals surface area contributed by atoms with Gasteiger partial charge in [0.25, 0.3) is 0 Å². The van der Waals surface area contributed by atoms with Gasteiger partial charge in [-0.25, -0.2) is 17.9 Å². The molecule has 19 heavy (non-hydrogen) atoms. The molecule has 0 radical (unpaired) electrons. The number of nitrogens with one attached hydrogen (secondary N) is 1. The smallest absolute Gasteiger partial charge is 0.341 e. The van der Waals surface area contributed by atoms with E-state index in [-0.39, 0.29) is 4.90 Å². The fourth-order valence-electron chi connectivity index (χ4n) is 1.41. The van der Waals surface area contributed by atoms with Gasteiger partial charge in [0.15, 0.2) is 6.61 Å². The van der Waals surface area contributed by atoms with Crippen molar-refractivity contribution in [2.24, 2.45) is 0 Å². The monoisotopic (exact) mass is 287 g/mol. The molecular weight excluding hydrogens is 270 g/mol. The molecular formula is C12H17NO5S. The lowest BCUT2D eigenvalue weighted by Crippen LogP contribution is -2.24. The van der Waals surface area contributed by atoms with Crippen molar-refractivity contribution in [3.05, 3.63) is 23.8 Å². The average Bonchev–Trinajstić information content (AvgIpc) is 2.34. The van der Waals surface area contributed by atoms with Crippen LogP contribution >= 0.6 is 0 Å².